The summed E-state index contributed by atoms with van der Waals surface area (Å²) in [5.41, 5.74) is 1.17. The number of carbonyl (C=O) groups is 1. The van der Waals surface area contributed by atoms with Gasteiger partial charge < -0.3 is 14.2 Å². The molecule has 1 aromatic rings. The van der Waals surface area contributed by atoms with E-state index >= 15 is 0 Å². The maximum atomic E-state index is 11.3. The molecule has 0 fully saturated rings. The molecule has 0 bridgehead atoms. The van der Waals surface area contributed by atoms with Gasteiger partial charge in [0.25, 0.3) is 0 Å². The van der Waals surface area contributed by atoms with Crippen LogP contribution in [0, 0.1) is 0 Å². The van der Waals surface area contributed by atoms with Crippen LogP contribution < -0.4 is 0 Å². The topological polar surface area (TPSA) is 57.7 Å². The van der Waals surface area contributed by atoms with Gasteiger partial charge in [-0.2, -0.15) is 0 Å². The van der Waals surface area contributed by atoms with E-state index in [1.807, 2.05) is 0 Å². The van der Waals surface area contributed by atoms with Crippen molar-refractivity contribution < 1.29 is 19.0 Å². The molecule has 0 aliphatic carbocycles. The highest BCUT2D eigenvalue weighted by molar-refractivity contribution is 5.89. The molecular weight excluding hydrogens is 222 g/mol. The normalized spacial score (nSPS) is 11.1. The Morgan fingerprint density at radius 3 is 2.59 bits per heavy atom. The van der Waals surface area contributed by atoms with Crippen molar-refractivity contribution in [3.05, 3.63) is 35.7 Å². The molecule has 1 rings (SSSR count). The number of aromatic nitrogens is 1. The molecule has 1 heterocycles. The van der Waals surface area contributed by atoms with Gasteiger partial charge in [0.15, 0.2) is 6.29 Å². The predicted octanol–water partition coefficient (Wildman–Crippen LogP) is 1.50. The minimum Gasteiger partial charge on any atom is -0.465 e. The van der Waals surface area contributed by atoms with E-state index in [0.717, 1.165) is 5.56 Å². The summed E-state index contributed by atoms with van der Waals surface area (Å²) in [6, 6.07) is 1.68. The van der Waals surface area contributed by atoms with Crippen LogP contribution >= 0.6 is 0 Å². The van der Waals surface area contributed by atoms with Gasteiger partial charge in [-0.1, -0.05) is 6.08 Å². The highest BCUT2D eigenvalue weighted by Gasteiger charge is 2.05. The number of rotatable bonds is 5. The number of hydrogen-bond donors (Lipinski definition) is 0. The summed E-state index contributed by atoms with van der Waals surface area (Å²) in [6.45, 7) is 0. The van der Waals surface area contributed by atoms with E-state index in [9.17, 15) is 4.79 Å². The first kappa shape index (κ1) is 13.3. The summed E-state index contributed by atoms with van der Waals surface area (Å²) in [6.07, 6.45) is 6.14. The standard InChI is InChI=1S/C12H15NO4/c1-15-11(16-2)5-4-9-6-10(8-13-7-9)12(14)17-3/h4-8,11H,1-3H3/b5-4+. The first-order valence-electron chi connectivity index (χ1n) is 4.98. The van der Waals surface area contributed by atoms with Crippen molar-refractivity contribution in [1.82, 2.24) is 4.98 Å². The summed E-state index contributed by atoms with van der Waals surface area (Å²) in [5, 5.41) is 0. The van der Waals surface area contributed by atoms with E-state index in [2.05, 4.69) is 9.72 Å². The summed E-state index contributed by atoms with van der Waals surface area (Å²) in [4.78, 5) is 15.2. The average Bonchev–Trinajstić information content (AvgIpc) is 2.39. The molecule has 5 nitrogen and oxygen atoms in total. The van der Waals surface area contributed by atoms with Crippen molar-refractivity contribution in [3.63, 3.8) is 0 Å². The summed E-state index contributed by atoms with van der Waals surface area (Å²) in [7, 11) is 4.42. The van der Waals surface area contributed by atoms with E-state index in [1.165, 1.54) is 13.3 Å². The number of methoxy groups -OCH3 is 3. The molecule has 5 heteroatoms. The van der Waals surface area contributed by atoms with Crippen LogP contribution in [0.2, 0.25) is 0 Å². The van der Waals surface area contributed by atoms with Gasteiger partial charge in [0.1, 0.15) is 0 Å². The van der Waals surface area contributed by atoms with E-state index in [4.69, 9.17) is 9.47 Å². The summed E-state index contributed by atoms with van der Waals surface area (Å²) >= 11 is 0. The second-order valence-electron chi connectivity index (χ2n) is 3.20. The van der Waals surface area contributed by atoms with Crippen molar-refractivity contribution in [1.29, 1.82) is 0 Å². The van der Waals surface area contributed by atoms with Gasteiger partial charge >= 0.3 is 5.97 Å². The SMILES string of the molecule is COC(=O)c1cncc(/C=C/C(OC)OC)c1. The highest BCUT2D eigenvalue weighted by Crippen LogP contribution is 2.07. The Morgan fingerprint density at radius 2 is 2.00 bits per heavy atom. The first-order chi connectivity index (χ1) is 8.21. The van der Waals surface area contributed by atoms with Crippen LogP contribution in [0.4, 0.5) is 0 Å². The maximum Gasteiger partial charge on any atom is 0.339 e. The Bertz CT molecular complexity index is 399. The molecule has 0 unspecified atom stereocenters. The molecule has 0 spiro atoms. The van der Waals surface area contributed by atoms with Gasteiger partial charge in [0, 0.05) is 26.6 Å². The number of hydrogen-bond acceptors (Lipinski definition) is 5. The van der Waals surface area contributed by atoms with Gasteiger partial charge in [-0.15, -0.1) is 0 Å². The molecule has 0 saturated carbocycles. The zero-order valence-electron chi connectivity index (χ0n) is 10.0. The van der Waals surface area contributed by atoms with Gasteiger partial charge in [-0.3, -0.25) is 4.98 Å². The van der Waals surface area contributed by atoms with E-state index in [1.54, 1.807) is 38.6 Å². The fraction of sp³-hybridized carbons (Fsp3) is 0.333. The summed E-state index contributed by atoms with van der Waals surface area (Å²) in [5.74, 6) is -0.414. The lowest BCUT2D eigenvalue weighted by molar-refractivity contribution is -0.0660. The molecule has 0 saturated heterocycles. The number of esters is 1. The zero-order valence-corrected chi connectivity index (χ0v) is 10.0. The molecule has 17 heavy (non-hydrogen) atoms. The van der Waals surface area contributed by atoms with E-state index < -0.39 is 12.3 Å². The third kappa shape index (κ3) is 3.97. The van der Waals surface area contributed by atoms with Crippen LogP contribution in [0.3, 0.4) is 0 Å². The van der Waals surface area contributed by atoms with Crippen LogP contribution in [0.15, 0.2) is 24.5 Å². The Labute approximate surface area is 100 Å². The average molecular weight is 237 g/mol. The van der Waals surface area contributed by atoms with E-state index in [-0.39, 0.29) is 0 Å². The Kier molecular flexibility index (Phi) is 5.32. The third-order valence-electron chi connectivity index (χ3n) is 2.09. The molecule has 0 aromatic carbocycles. The van der Waals surface area contributed by atoms with Crippen molar-refractivity contribution in [3.8, 4) is 0 Å². The molecule has 0 aliphatic heterocycles. The number of ether oxygens (including phenoxy) is 3. The minimum absolute atomic E-state index is 0.404. The van der Waals surface area contributed by atoms with Gasteiger partial charge in [0.2, 0.25) is 0 Å². The molecule has 0 radical (unpaired) electrons. The molecule has 0 atom stereocenters. The molecular formula is C12H15NO4. The minimum atomic E-state index is -0.420. The van der Waals surface area contributed by atoms with Gasteiger partial charge in [-0.05, 0) is 17.7 Å². The quantitative estimate of drug-likeness (QED) is 0.573. The Balaban J connectivity index is 2.81. The number of nitrogens with zero attached hydrogens (tertiary/aromatic N) is 1. The van der Waals surface area contributed by atoms with E-state index in [0.29, 0.717) is 5.56 Å². The van der Waals surface area contributed by atoms with Crippen molar-refractivity contribution in [2.24, 2.45) is 0 Å². The van der Waals surface area contributed by atoms with Crippen molar-refractivity contribution in [2.45, 2.75) is 6.29 Å². The fourth-order valence-corrected chi connectivity index (χ4v) is 1.22. The van der Waals surface area contributed by atoms with Crippen LogP contribution in [0.25, 0.3) is 6.08 Å². The summed E-state index contributed by atoms with van der Waals surface area (Å²) < 4.78 is 14.6. The molecule has 0 aliphatic rings. The lowest BCUT2D eigenvalue weighted by Gasteiger charge is -2.07. The van der Waals surface area contributed by atoms with Gasteiger partial charge in [-0.25, -0.2) is 4.79 Å². The van der Waals surface area contributed by atoms with Crippen LogP contribution in [0.5, 0.6) is 0 Å². The Hall–Kier alpha value is -1.72. The lowest BCUT2D eigenvalue weighted by atomic mass is 10.2. The van der Waals surface area contributed by atoms with Crippen LogP contribution in [0.1, 0.15) is 15.9 Å². The highest BCUT2D eigenvalue weighted by atomic mass is 16.7. The van der Waals surface area contributed by atoms with Crippen LogP contribution in [-0.4, -0.2) is 38.6 Å². The third-order valence-corrected chi connectivity index (χ3v) is 2.09. The largest absolute Gasteiger partial charge is 0.465 e. The zero-order chi connectivity index (χ0) is 12.7. The molecule has 0 N–H and O–H groups in total. The van der Waals surface area contributed by atoms with Gasteiger partial charge in [0.05, 0.1) is 12.7 Å². The number of pyridine rings is 1. The fourth-order valence-electron chi connectivity index (χ4n) is 1.22. The Morgan fingerprint density at radius 1 is 1.29 bits per heavy atom. The predicted molar refractivity (Wildman–Crippen MR) is 62.4 cm³/mol. The first-order valence-corrected chi connectivity index (χ1v) is 4.98. The second-order valence-corrected chi connectivity index (χ2v) is 3.20. The van der Waals surface area contributed by atoms with Crippen molar-refractivity contribution in [2.75, 3.05) is 21.3 Å². The molecule has 0 amide bonds. The number of carbonyl (C=O) groups excluding carboxylic acids is 1. The van der Waals surface area contributed by atoms with Crippen molar-refractivity contribution >= 4 is 12.0 Å². The second kappa shape index (κ2) is 6.78. The molecule has 92 valence electrons. The van der Waals surface area contributed by atoms with Crippen LogP contribution in [-0.2, 0) is 14.2 Å². The monoisotopic (exact) mass is 237 g/mol. The maximum absolute atomic E-state index is 11.3. The molecule has 1 aromatic heterocycles. The smallest absolute Gasteiger partial charge is 0.339 e. The lowest BCUT2D eigenvalue weighted by Crippen LogP contribution is -2.08.